The van der Waals surface area contributed by atoms with Crippen LogP contribution in [0.1, 0.15) is 40.0 Å². The van der Waals surface area contributed by atoms with Crippen molar-refractivity contribution in [2.75, 3.05) is 5.32 Å². The molecule has 0 amide bonds. The van der Waals surface area contributed by atoms with Crippen LogP contribution in [0.5, 0.6) is 0 Å². The number of rotatable bonds is 2. The van der Waals surface area contributed by atoms with Crippen LogP contribution < -0.4 is 5.32 Å². The van der Waals surface area contributed by atoms with E-state index in [2.05, 4.69) is 26.1 Å². The second-order valence-corrected chi connectivity index (χ2v) is 6.64. The van der Waals surface area contributed by atoms with E-state index in [0.717, 1.165) is 6.42 Å². The summed E-state index contributed by atoms with van der Waals surface area (Å²) in [5.74, 6) is 0.211. The molecule has 0 heterocycles. The van der Waals surface area contributed by atoms with Gasteiger partial charge < -0.3 is 5.32 Å². The van der Waals surface area contributed by atoms with Crippen molar-refractivity contribution in [1.29, 1.82) is 0 Å². The molecule has 2 atom stereocenters. The molecule has 0 bridgehead atoms. The molecule has 0 spiro atoms. The van der Waals surface area contributed by atoms with Crippen LogP contribution in [0.2, 0.25) is 5.02 Å². The smallest absolute Gasteiger partial charge is 0.164 e. The third-order valence-corrected chi connectivity index (χ3v) is 4.28. The molecule has 0 saturated heterocycles. The Morgan fingerprint density at radius 1 is 1.39 bits per heavy atom. The van der Waals surface area contributed by atoms with Gasteiger partial charge in [0, 0.05) is 6.04 Å². The van der Waals surface area contributed by atoms with Crippen molar-refractivity contribution in [3.63, 3.8) is 0 Å². The number of nitrogens with one attached hydrogen (secondary N) is 1. The fourth-order valence-electron chi connectivity index (χ4n) is 2.98. The number of halogens is 2. The maximum atomic E-state index is 13.8. The van der Waals surface area contributed by atoms with Crippen LogP contribution in [0.15, 0.2) is 18.2 Å². The third kappa shape index (κ3) is 2.97. The normalized spacial score (nSPS) is 26.9. The molecule has 0 aliphatic heterocycles. The second kappa shape index (κ2) is 5.08. The summed E-state index contributed by atoms with van der Waals surface area (Å²) in [6.07, 6.45) is 3.43. The highest BCUT2D eigenvalue weighted by molar-refractivity contribution is 6.31. The highest BCUT2D eigenvalue weighted by Crippen LogP contribution is 2.39. The van der Waals surface area contributed by atoms with E-state index in [-0.39, 0.29) is 10.8 Å². The SMILES string of the molecule is CC1CC(C)(C)CCC1Nc1cccc(Cl)c1F. The van der Waals surface area contributed by atoms with E-state index in [4.69, 9.17) is 11.6 Å². The van der Waals surface area contributed by atoms with Gasteiger partial charge in [-0.1, -0.05) is 38.4 Å². The number of hydrogen-bond donors (Lipinski definition) is 1. The van der Waals surface area contributed by atoms with E-state index in [1.54, 1.807) is 18.2 Å². The van der Waals surface area contributed by atoms with Gasteiger partial charge in [0.25, 0.3) is 0 Å². The lowest BCUT2D eigenvalue weighted by Gasteiger charge is -2.40. The predicted octanol–water partition coefficient (Wildman–Crippen LogP) is 5.11. The summed E-state index contributed by atoms with van der Waals surface area (Å²) < 4.78 is 13.8. The third-order valence-electron chi connectivity index (χ3n) is 3.99. The minimum absolute atomic E-state index is 0.184. The van der Waals surface area contributed by atoms with Crippen molar-refractivity contribution in [2.45, 2.75) is 46.1 Å². The molecule has 1 saturated carbocycles. The molecule has 0 aromatic heterocycles. The summed E-state index contributed by atoms with van der Waals surface area (Å²) >= 11 is 5.80. The molecular formula is C15H21ClFN. The minimum Gasteiger partial charge on any atom is -0.380 e. The fourth-order valence-corrected chi connectivity index (χ4v) is 3.15. The van der Waals surface area contributed by atoms with Gasteiger partial charge >= 0.3 is 0 Å². The fraction of sp³-hybridized carbons (Fsp3) is 0.600. The largest absolute Gasteiger partial charge is 0.380 e. The van der Waals surface area contributed by atoms with Gasteiger partial charge in [0.05, 0.1) is 10.7 Å². The standard InChI is InChI=1S/C15H21ClFN/c1-10-9-15(2,3)8-7-12(10)18-13-6-4-5-11(16)14(13)17/h4-6,10,12,18H,7-9H2,1-3H3. The zero-order chi connectivity index (χ0) is 13.3. The van der Waals surface area contributed by atoms with Gasteiger partial charge in [-0.05, 0) is 42.7 Å². The first kappa shape index (κ1) is 13.7. The Morgan fingerprint density at radius 2 is 2.11 bits per heavy atom. The van der Waals surface area contributed by atoms with Gasteiger partial charge in [-0.2, -0.15) is 0 Å². The van der Waals surface area contributed by atoms with E-state index in [0.29, 0.717) is 23.1 Å². The Morgan fingerprint density at radius 3 is 2.78 bits per heavy atom. The molecule has 1 nitrogen and oxygen atoms in total. The summed E-state index contributed by atoms with van der Waals surface area (Å²) in [4.78, 5) is 0. The molecule has 3 heteroatoms. The first-order chi connectivity index (χ1) is 8.39. The Hall–Kier alpha value is -0.760. The first-order valence-corrected chi connectivity index (χ1v) is 6.97. The van der Waals surface area contributed by atoms with Gasteiger partial charge in [-0.15, -0.1) is 0 Å². The van der Waals surface area contributed by atoms with Gasteiger partial charge in [0.2, 0.25) is 0 Å². The molecule has 1 aliphatic carbocycles. The molecule has 18 heavy (non-hydrogen) atoms. The number of hydrogen-bond acceptors (Lipinski definition) is 1. The lowest BCUT2D eigenvalue weighted by Crippen LogP contribution is -2.37. The molecule has 1 aliphatic rings. The molecule has 1 aromatic carbocycles. The summed E-state index contributed by atoms with van der Waals surface area (Å²) in [5.41, 5.74) is 0.934. The molecule has 0 radical (unpaired) electrons. The summed E-state index contributed by atoms with van der Waals surface area (Å²) in [6, 6.07) is 5.46. The van der Waals surface area contributed by atoms with Crippen LogP contribution in [-0.2, 0) is 0 Å². The Labute approximate surface area is 114 Å². The highest BCUT2D eigenvalue weighted by atomic mass is 35.5. The lowest BCUT2D eigenvalue weighted by molar-refractivity contribution is 0.177. The van der Waals surface area contributed by atoms with E-state index < -0.39 is 0 Å². The van der Waals surface area contributed by atoms with E-state index in [1.165, 1.54) is 12.8 Å². The zero-order valence-corrected chi connectivity index (χ0v) is 12.0. The molecule has 100 valence electrons. The van der Waals surface area contributed by atoms with E-state index in [9.17, 15) is 4.39 Å². The number of benzene rings is 1. The number of anilines is 1. The van der Waals surface area contributed by atoms with Crippen molar-refractivity contribution >= 4 is 17.3 Å². The van der Waals surface area contributed by atoms with Crippen LogP contribution in [0.4, 0.5) is 10.1 Å². The molecule has 2 unspecified atom stereocenters. The second-order valence-electron chi connectivity index (χ2n) is 6.24. The van der Waals surface area contributed by atoms with Gasteiger partial charge in [-0.25, -0.2) is 4.39 Å². The average molecular weight is 270 g/mol. The van der Waals surface area contributed by atoms with Crippen LogP contribution in [0.3, 0.4) is 0 Å². The molecule has 1 N–H and O–H groups in total. The van der Waals surface area contributed by atoms with Crippen molar-refractivity contribution in [2.24, 2.45) is 11.3 Å². The van der Waals surface area contributed by atoms with Crippen LogP contribution in [0, 0.1) is 17.2 Å². The average Bonchev–Trinajstić information content (AvgIpc) is 2.27. The van der Waals surface area contributed by atoms with E-state index >= 15 is 0 Å². The Bertz CT molecular complexity index is 431. The molecule has 2 rings (SSSR count). The van der Waals surface area contributed by atoms with Crippen LogP contribution in [0.25, 0.3) is 0 Å². The summed E-state index contributed by atoms with van der Waals surface area (Å²) in [6.45, 7) is 6.85. The predicted molar refractivity (Wildman–Crippen MR) is 75.6 cm³/mol. The van der Waals surface area contributed by atoms with Crippen molar-refractivity contribution in [1.82, 2.24) is 0 Å². The van der Waals surface area contributed by atoms with Crippen LogP contribution in [-0.4, -0.2) is 6.04 Å². The monoisotopic (exact) mass is 269 g/mol. The summed E-state index contributed by atoms with van der Waals surface area (Å²) in [7, 11) is 0. The van der Waals surface area contributed by atoms with Gasteiger partial charge in [0.15, 0.2) is 5.82 Å². The van der Waals surface area contributed by atoms with Crippen molar-refractivity contribution in [3.05, 3.63) is 29.0 Å². The molecule has 1 fully saturated rings. The zero-order valence-electron chi connectivity index (χ0n) is 11.3. The quantitative estimate of drug-likeness (QED) is 0.787. The van der Waals surface area contributed by atoms with E-state index in [1.807, 2.05) is 0 Å². The minimum atomic E-state index is -0.337. The van der Waals surface area contributed by atoms with Gasteiger partial charge in [0.1, 0.15) is 0 Å². The topological polar surface area (TPSA) is 12.0 Å². The van der Waals surface area contributed by atoms with Gasteiger partial charge in [-0.3, -0.25) is 0 Å². The lowest BCUT2D eigenvalue weighted by atomic mass is 9.70. The maximum Gasteiger partial charge on any atom is 0.164 e. The highest BCUT2D eigenvalue weighted by Gasteiger charge is 2.32. The van der Waals surface area contributed by atoms with Crippen molar-refractivity contribution < 1.29 is 4.39 Å². The molecular weight excluding hydrogens is 249 g/mol. The summed E-state index contributed by atoms with van der Waals surface area (Å²) in [5, 5.41) is 3.50. The van der Waals surface area contributed by atoms with Crippen molar-refractivity contribution in [3.8, 4) is 0 Å². The molecule has 1 aromatic rings. The Balaban J connectivity index is 2.08. The first-order valence-electron chi connectivity index (χ1n) is 6.59. The maximum absolute atomic E-state index is 13.8. The van der Waals surface area contributed by atoms with Crippen LogP contribution >= 0.6 is 11.6 Å². The Kier molecular flexibility index (Phi) is 3.86.